The molecule has 0 saturated carbocycles. The van der Waals surface area contributed by atoms with E-state index in [1.807, 2.05) is 0 Å². The summed E-state index contributed by atoms with van der Waals surface area (Å²) in [5.74, 6) is -1.39. The fourth-order valence-electron chi connectivity index (χ4n) is 3.92. The molecule has 10 nitrogen and oxygen atoms in total. The summed E-state index contributed by atoms with van der Waals surface area (Å²) in [6.07, 6.45) is 2.25. The van der Waals surface area contributed by atoms with Crippen molar-refractivity contribution in [3.63, 3.8) is 0 Å². The van der Waals surface area contributed by atoms with Crippen LogP contribution in [-0.2, 0) is 9.53 Å². The maximum Gasteiger partial charge on any atom is 0.333 e. The van der Waals surface area contributed by atoms with Gasteiger partial charge in [-0.05, 0) is 45.4 Å². The van der Waals surface area contributed by atoms with E-state index in [0.29, 0.717) is 30.0 Å². The zero-order valence-electron chi connectivity index (χ0n) is 17.7. The highest BCUT2D eigenvalue weighted by molar-refractivity contribution is 5.99. The molecule has 0 bridgehead atoms. The highest BCUT2D eigenvalue weighted by Gasteiger charge is 2.42. The number of carbonyl (C=O) groups excluding carboxylic acids is 2. The molecule has 1 aromatic carbocycles. The third kappa shape index (κ3) is 3.16. The van der Waals surface area contributed by atoms with Gasteiger partial charge in [0.25, 0.3) is 11.8 Å². The summed E-state index contributed by atoms with van der Waals surface area (Å²) >= 11 is 0. The van der Waals surface area contributed by atoms with Gasteiger partial charge in [-0.15, -0.1) is 0 Å². The summed E-state index contributed by atoms with van der Waals surface area (Å²) in [7, 11) is 0. The Balaban J connectivity index is 1.55. The molecule has 2 N–H and O–H groups in total. The molecular weight excluding hydrogens is 419 g/mol. The van der Waals surface area contributed by atoms with E-state index >= 15 is 0 Å². The number of esters is 1. The number of amides is 1. The Labute approximate surface area is 182 Å². The predicted molar refractivity (Wildman–Crippen MR) is 108 cm³/mol. The number of hydrogen-bond donors (Lipinski definition) is 1. The molecule has 32 heavy (non-hydrogen) atoms. The molecule has 3 aromatic rings. The lowest BCUT2D eigenvalue weighted by Gasteiger charge is -2.39. The molecule has 5 rings (SSSR count). The zero-order valence-corrected chi connectivity index (χ0v) is 17.7. The molecule has 2 atom stereocenters. The minimum atomic E-state index is -1.25. The van der Waals surface area contributed by atoms with E-state index in [9.17, 15) is 14.0 Å². The number of halogens is 1. The van der Waals surface area contributed by atoms with Crippen molar-refractivity contribution in [1.29, 1.82) is 0 Å². The summed E-state index contributed by atoms with van der Waals surface area (Å²) in [5.41, 5.74) is 7.10. The maximum absolute atomic E-state index is 13.9. The predicted octanol–water partition coefficient (Wildman–Crippen LogP) is 2.30. The lowest BCUT2D eigenvalue weighted by atomic mass is 9.97. The molecule has 2 aliphatic heterocycles. The quantitative estimate of drug-likeness (QED) is 0.614. The van der Waals surface area contributed by atoms with Crippen LogP contribution in [-0.4, -0.2) is 48.6 Å². The van der Waals surface area contributed by atoms with Crippen molar-refractivity contribution in [2.45, 2.75) is 44.9 Å². The van der Waals surface area contributed by atoms with E-state index in [1.54, 1.807) is 42.6 Å². The van der Waals surface area contributed by atoms with Gasteiger partial charge in [0.05, 0.1) is 23.0 Å². The van der Waals surface area contributed by atoms with Crippen LogP contribution in [0, 0.1) is 5.82 Å². The number of nitrogens with two attached hydrogens (primary N) is 1. The van der Waals surface area contributed by atoms with Gasteiger partial charge in [0, 0.05) is 6.54 Å². The van der Waals surface area contributed by atoms with E-state index < -0.39 is 23.4 Å². The van der Waals surface area contributed by atoms with Crippen molar-refractivity contribution >= 4 is 11.9 Å². The smallest absolute Gasteiger partial charge is 0.333 e. The Morgan fingerprint density at radius 3 is 2.84 bits per heavy atom. The second-order valence-corrected chi connectivity index (χ2v) is 8.78. The van der Waals surface area contributed by atoms with Gasteiger partial charge in [-0.1, -0.05) is 5.16 Å². The van der Waals surface area contributed by atoms with Gasteiger partial charge in [-0.3, -0.25) is 9.36 Å². The number of hydrogen-bond acceptors (Lipinski definition) is 8. The van der Waals surface area contributed by atoms with E-state index in [1.165, 1.54) is 12.1 Å². The van der Waals surface area contributed by atoms with Crippen molar-refractivity contribution in [2.24, 2.45) is 5.73 Å². The molecule has 4 heterocycles. The van der Waals surface area contributed by atoms with Crippen molar-refractivity contribution in [2.75, 3.05) is 6.54 Å². The molecule has 1 fully saturated rings. The van der Waals surface area contributed by atoms with Gasteiger partial charge in [0.15, 0.2) is 6.04 Å². The van der Waals surface area contributed by atoms with Crippen LogP contribution in [0.4, 0.5) is 4.39 Å². The van der Waals surface area contributed by atoms with E-state index in [4.69, 9.17) is 15.0 Å². The normalized spacial score (nSPS) is 18.2. The Hall–Kier alpha value is -3.60. The topological polar surface area (TPSA) is 129 Å². The van der Waals surface area contributed by atoms with Crippen LogP contribution in [0.5, 0.6) is 0 Å². The second-order valence-electron chi connectivity index (χ2n) is 8.78. The molecule has 2 aromatic heterocycles. The van der Waals surface area contributed by atoms with Gasteiger partial charge < -0.3 is 19.9 Å². The first-order valence-corrected chi connectivity index (χ1v) is 10.1. The van der Waals surface area contributed by atoms with Gasteiger partial charge in [0.2, 0.25) is 5.82 Å². The van der Waals surface area contributed by atoms with Crippen LogP contribution in [0.3, 0.4) is 0 Å². The third-order valence-electron chi connectivity index (χ3n) is 5.43. The molecule has 166 valence electrons. The number of aromatic nitrogens is 4. The summed E-state index contributed by atoms with van der Waals surface area (Å²) in [5, 5.41) is 3.96. The molecule has 1 saturated heterocycles. The van der Waals surface area contributed by atoms with E-state index in [2.05, 4.69) is 15.1 Å². The Morgan fingerprint density at radius 1 is 1.38 bits per heavy atom. The summed E-state index contributed by atoms with van der Waals surface area (Å²) in [6.45, 7) is 5.73. The second kappa shape index (κ2) is 6.95. The van der Waals surface area contributed by atoms with Gasteiger partial charge in [-0.2, -0.15) is 4.98 Å². The first-order chi connectivity index (χ1) is 15.1. The SMILES string of the molecule is CC(C)(C)OC(=O)C(N)c1nc(-c2ncn3c2[C@@H]2CCN2C(=O)c2cc(F)ccc2-3)no1. The average molecular weight is 440 g/mol. The van der Waals surface area contributed by atoms with Crippen LogP contribution in [0.1, 0.15) is 61.2 Å². The molecule has 11 heteroatoms. The number of benzene rings is 1. The minimum absolute atomic E-state index is 0.103. The van der Waals surface area contributed by atoms with Crippen LogP contribution in [0.15, 0.2) is 29.0 Å². The van der Waals surface area contributed by atoms with Crippen LogP contribution in [0.2, 0.25) is 0 Å². The van der Waals surface area contributed by atoms with Crippen molar-refractivity contribution in [3.8, 4) is 17.2 Å². The van der Waals surface area contributed by atoms with Crippen molar-refractivity contribution in [3.05, 3.63) is 47.5 Å². The molecule has 1 amide bonds. The molecule has 0 spiro atoms. The highest BCUT2D eigenvalue weighted by atomic mass is 19.1. The fourth-order valence-corrected chi connectivity index (χ4v) is 3.92. The molecule has 0 radical (unpaired) electrons. The first-order valence-electron chi connectivity index (χ1n) is 10.1. The monoisotopic (exact) mass is 440 g/mol. The van der Waals surface area contributed by atoms with Crippen molar-refractivity contribution < 1.29 is 23.2 Å². The molecule has 2 aliphatic rings. The summed E-state index contributed by atoms with van der Waals surface area (Å²) < 4.78 is 26.1. The molecule has 0 aliphatic carbocycles. The highest BCUT2D eigenvalue weighted by Crippen LogP contribution is 2.43. The standard InChI is InChI=1S/C21H21FN6O4/c1-21(2,3)31-20(30)14(23)18-25-17(26-32-18)15-16-13-6-7-27(13)19(29)11-8-10(22)4-5-12(11)28(16)9-24-15/h4-5,8-9,13-14H,6-7,23H2,1-3H3/t13-,14?/m0/s1. The lowest BCUT2D eigenvalue weighted by molar-refractivity contribution is -0.157. The Kier molecular flexibility index (Phi) is 4.41. The van der Waals surface area contributed by atoms with Gasteiger partial charge >= 0.3 is 5.97 Å². The largest absolute Gasteiger partial charge is 0.458 e. The zero-order chi connectivity index (χ0) is 22.8. The Morgan fingerprint density at radius 2 is 2.16 bits per heavy atom. The first kappa shape index (κ1) is 20.3. The number of fused-ring (bicyclic) bond motifs is 5. The number of carbonyl (C=O) groups is 2. The van der Waals surface area contributed by atoms with Gasteiger partial charge in [0.1, 0.15) is 23.4 Å². The minimum Gasteiger partial charge on any atom is -0.458 e. The lowest BCUT2D eigenvalue weighted by Crippen LogP contribution is -2.44. The fraction of sp³-hybridized carbons (Fsp3) is 0.381. The number of rotatable bonds is 3. The van der Waals surface area contributed by atoms with Crippen LogP contribution in [0.25, 0.3) is 17.2 Å². The Bertz CT molecular complexity index is 1240. The maximum atomic E-state index is 13.9. The number of nitrogens with zero attached hydrogens (tertiary/aromatic N) is 5. The molecular formula is C21H21FN6O4. The van der Waals surface area contributed by atoms with E-state index in [-0.39, 0.29) is 29.2 Å². The summed E-state index contributed by atoms with van der Waals surface area (Å²) in [6, 6.07) is 2.56. The number of ether oxygens (including phenoxy) is 1. The third-order valence-corrected chi connectivity index (χ3v) is 5.43. The number of imidazole rings is 1. The van der Waals surface area contributed by atoms with Crippen LogP contribution < -0.4 is 5.73 Å². The average Bonchev–Trinajstić information content (AvgIpc) is 3.31. The van der Waals surface area contributed by atoms with Gasteiger partial charge in [-0.25, -0.2) is 14.2 Å². The summed E-state index contributed by atoms with van der Waals surface area (Å²) in [4.78, 5) is 35.6. The van der Waals surface area contributed by atoms with E-state index in [0.717, 1.165) is 0 Å². The molecule has 1 unspecified atom stereocenters. The van der Waals surface area contributed by atoms with Crippen molar-refractivity contribution in [1.82, 2.24) is 24.6 Å². The van der Waals surface area contributed by atoms with Crippen LogP contribution >= 0.6 is 0 Å².